The van der Waals surface area contributed by atoms with E-state index >= 15 is 0 Å². The van der Waals surface area contributed by atoms with Crippen LogP contribution in [0.3, 0.4) is 0 Å². The third-order valence-corrected chi connectivity index (χ3v) is 4.19. The molecule has 1 aromatic rings. The molecule has 1 aromatic heterocycles. The SMILES string of the molecule is CCCCCCC(C)(CCCCC)c1ncc(C)[nH]1. The number of H-pyrrole nitrogens is 1. The Balaban J connectivity index is 2.60. The fourth-order valence-corrected chi connectivity index (χ4v) is 2.79. The summed E-state index contributed by atoms with van der Waals surface area (Å²) in [6.07, 6.45) is 13.8. The average Bonchev–Trinajstić information content (AvgIpc) is 2.82. The van der Waals surface area contributed by atoms with E-state index in [1.807, 2.05) is 6.20 Å². The van der Waals surface area contributed by atoms with Crippen LogP contribution in [0, 0.1) is 6.92 Å². The van der Waals surface area contributed by atoms with E-state index in [-0.39, 0.29) is 5.41 Å². The third-order valence-electron chi connectivity index (χ3n) is 4.19. The average molecular weight is 264 g/mol. The normalized spacial score (nSPS) is 14.5. The zero-order valence-electron chi connectivity index (χ0n) is 13.4. The fourth-order valence-electron chi connectivity index (χ4n) is 2.79. The number of unbranched alkanes of at least 4 members (excludes halogenated alkanes) is 5. The summed E-state index contributed by atoms with van der Waals surface area (Å²) in [6, 6.07) is 0. The summed E-state index contributed by atoms with van der Waals surface area (Å²) < 4.78 is 0. The van der Waals surface area contributed by atoms with Crippen molar-refractivity contribution in [1.29, 1.82) is 0 Å². The van der Waals surface area contributed by atoms with Crippen molar-refractivity contribution in [1.82, 2.24) is 9.97 Å². The molecule has 0 saturated carbocycles. The number of aromatic amines is 1. The first-order chi connectivity index (χ1) is 9.12. The van der Waals surface area contributed by atoms with E-state index in [1.54, 1.807) is 0 Å². The number of imidazole rings is 1. The lowest BCUT2D eigenvalue weighted by molar-refractivity contribution is 0.349. The second-order valence-corrected chi connectivity index (χ2v) is 6.24. The third kappa shape index (κ3) is 5.38. The highest BCUT2D eigenvalue weighted by molar-refractivity contribution is 5.10. The van der Waals surface area contributed by atoms with E-state index in [0.29, 0.717) is 0 Å². The van der Waals surface area contributed by atoms with Crippen LogP contribution in [0.15, 0.2) is 6.20 Å². The smallest absolute Gasteiger partial charge is 0.112 e. The van der Waals surface area contributed by atoms with Crippen LogP contribution in [0.2, 0.25) is 0 Å². The number of nitrogens with one attached hydrogen (secondary N) is 1. The Labute approximate surface area is 119 Å². The van der Waals surface area contributed by atoms with Gasteiger partial charge in [0.2, 0.25) is 0 Å². The molecule has 0 aliphatic heterocycles. The lowest BCUT2D eigenvalue weighted by Gasteiger charge is -2.28. The van der Waals surface area contributed by atoms with Crippen LogP contribution in [0.1, 0.15) is 90.1 Å². The van der Waals surface area contributed by atoms with Gasteiger partial charge in [0, 0.05) is 17.3 Å². The summed E-state index contributed by atoms with van der Waals surface area (Å²) in [7, 11) is 0. The van der Waals surface area contributed by atoms with Crippen molar-refractivity contribution in [2.75, 3.05) is 0 Å². The zero-order valence-corrected chi connectivity index (χ0v) is 13.4. The molecule has 1 rings (SSSR count). The standard InChI is InChI=1S/C17H32N2/c1-5-7-9-11-13-17(4,12-10-8-6-2)16-18-14-15(3)19-16/h14H,5-13H2,1-4H3,(H,18,19). The molecule has 0 saturated heterocycles. The molecule has 110 valence electrons. The van der Waals surface area contributed by atoms with Crippen molar-refractivity contribution in [2.45, 2.75) is 90.9 Å². The van der Waals surface area contributed by atoms with Crippen LogP contribution < -0.4 is 0 Å². The van der Waals surface area contributed by atoms with Gasteiger partial charge in [0.25, 0.3) is 0 Å². The highest BCUT2D eigenvalue weighted by atomic mass is 14.9. The van der Waals surface area contributed by atoms with Gasteiger partial charge >= 0.3 is 0 Å². The van der Waals surface area contributed by atoms with Crippen LogP contribution in [0.4, 0.5) is 0 Å². The largest absolute Gasteiger partial charge is 0.346 e. The van der Waals surface area contributed by atoms with E-state index in [2.05, 4.69) is 37.7 Å². The Morgan fingerprint density at radius 3 is 2.11 bits per heavy atom. The Hall–Kier alpha value is -0.790. The number of aromatic nitrogens is 2. The van der Waals surface area contributed by atoms with Crippen molar-refractivity contribution in [3.63, 3.8) is 0 Å². The molecule has 2 heteroatoms. The van der Waals surface area contributed by atoms with Gasteiger partial charge in [-0.15, -0.1) is 0 Å². The summed E-state index contributed by atoms with van der Waals surface area (Å²) in [4.78, 5) is 8.08. The number of rotatable bonds is 10. The molecule has 19 heavy (non-hydrogen) atoms. The van der Waals surface area contributed by atoms with Gasteiger partial charge in [0.05, 0.1) is 0 Å². The second-order valence-electron chi connectivity index (χ2n) is 6.24. The van der Waals surface area contributed by atoms with Crippen molar-refractivity contribution in [2.24, 2.45) is 0 Å². The minimum absolute atomic E-state index is 0.247. The van der Waals surface area contributed by atoms with Gasteiger partial charge in [0.1, 0.15) is 5.82 Å². The first-order valence-corrected chi connectivity index (χ1v) is 8.14. The number of nitrogens with zero attached hydrogens (tertiary/aromatic N) is 1. The number of aryl methyl sites for hydroxylation is 1. The zero-order chi connectivity index (χ0) is 14.1. The molecule has 1 unspecified atom stereocenters. The molecule has 1 heterocycles. The highest BCUT2D eigenvalue weighted by Gasteiger charge is 2.28. The van der Waals surface area contributed by atoms with Crippen molar-refractivity contribution in [3.05, 3.63) is 17.7 Å². The lowest BCUT2D eigenvalue weighted by Crippen LogP contribution is -2.24. The van der Waals surface area contributed by atoms with Crippen LogP contribution in [-0.2, 0) is 5.41 Å². The predicted octanol–water partition coefficient (Wildman–Crippen LogP) is 5.53. The maximum absolute atomic E-state index is 4.61. The van der Waals surface area contributed by atoms with Crippen molar-refractivity contribution < 1.29 is 0 Å². The summed E-state index contributed by atoms with van der Waals surface area (Å²) in [6.45, 7) is 9.04. The highest BCUT2D eigenvalue weighted by Crippen LogP contribution is 2.33. The van der Waals surface area contributed by atoms with Gasteiger partial charge in [-0.2, -0.15) is 0 Å². The first-order valence-electron chi connectivity index (χ1n) is 8.14. The van der Waals surface area contributed by atoms with Gasteiger partial charge in [-0.25, -0.2) is 4.98 Å². The minimum atomic E-state index is 0.247. The molecule has 0 spiro atoms. The molecule has 0 aliphatic carbocycles. The first kappa shape index (κ1) is 16.3. The van der Waals surface area contributed by atoms with E-state index < -0.39 is 0 Å². The van der Waals surface area contributed by atoms with Gasteiger partial charge < -0.3 is 4.98 Å². The van der Waals surface area contributed by atoms with Gasteiger partial charge in [0.15, 0.2) is 0 Å². The van der Waals surface area contributed by atoms with Gasteiger partial charge in [-0.3, -0.25) is 0 Å². The summed E-state index contributed by atoms with van der Waals surface area (Å²) in [5.41, 5.74) is 1.43. The maximum atomic E-state index is 4.61. The quantitative estimate of drug-likeness (QED) is 0.553. The molecule has 0 fully saturated rings. The van der Waals surface area contributed by atoms with Crippen LogP contribution in [-0.4, -0.2) is 9.97 Å². The van der Waals surface area contributed by atoms with Crippen molar-refractivity contribution >= 4 is 0 Å². The monoisotopic (exact) mass is 264 g/mol. The summed E-state index contributed by atoms with van der Waals surface area (Å²) in [5.74, 6) is 1.21. The second kappa shape index (κ2) is 8.39. The molecule has 0 aliphatic rings. The Morgan fingerprint density at radius 2 is 1.58 bits per heavy atom. The molecule has 2 nitrogen and oxygen atoms in total. The van der Waals surface area contributed by atoms with Crippen LogP contribution >= 0.6 is 0 Å². The van der Waals surface area contributed by atoms with E-state index in [1.165, 1.54) is 69.3 Å². The molecular weight excluding hydrogens is 232 g/mol. The molecule has 0 radical (unpaired) electrons. The maximum Gasteiger partial charge on any atom is 0.112 e. The molecule has 1 atom stereocenters. The van der Waals surface area contributed by atoms with Gasteiger partial charge in [-0.05, 0) is 19.8 Å². The molecule has 0 bridgehead atoms. The Kier molecular flexibility index (Phi) is 7.19. The molecule has 0 amide bonds. The predicted molar refractivity (Wildman–Crippen MR) is 83.6 cm³/mol. The van der Waals surface area contributed by atoms with E-state index in [9.17, 15) is 0 Å². The number of hydrogen-bond donors (Lipinski definition) is 1. The number of hydrogen-bond acceptors (Lipinski definition) is 1. The Bertz CT molecular complexity index is 343. The molecule has 1 N–H and O–H groups in total. The van der Waals surface area contributed by atoms with E-state index in [4.69, 9.17) is 0 Å². The van der Waals surface area contributed by atoms with Crippen LogP contribution in [0.5, 0.6) is 0 Å². The van der Waals surface area contributed by atoms with Gasteiger partial charge in [-0.1, -0.05) is 65.7 Å². The van der Waals surface area contributed by atoms with Crippen molar-refractivity contribution in [3.8, 4) is 0 Å². The van der Waals surface area contributed by atoms with Crippen LogP contribution in [0.25, 0.3) is 0 Å². The fraction of sp³-hybridized carbons (Fsp3) is 0.824. The minimum Gasteiger partial charge on any atom is -0.346 e. The lowest BCUT2D eigenvalue weighted by atomic mass is 9.79. The topological polar surface area (TPSA) is 28.7 Å². The Morgan fingerprint density at radius 1 is 1.00 bits per heavy atom. The summed E-state index contributed by atoms with van der Waals surface area (Å²) >= 11 is 0. The summed E-state index contributed by atoms with van der Waals surface area (Å²) in [5, 5.41) is 0. The molecule has 0 aromatic carbocycles. The van der Waals surface area contributed by atoms with E-state index in [0.717, 1.165) is 0 Å². The molecular formula is C17H32N2.